The van der Waals surface area contributed by atoms with Gasteiger partial charge in [-0.2, -0.15) is 0 Å². The summed E-state index contributed by atoms with van der Waals surface area (Å²) in [6.07, 6.45) is -5.88. The highest BCUT2D eigenvalue weighted by Gasteiger charge is 2.31. The van der Waals surface area contributed by atoms with E-state index < -0.39 is 18.4 Å². The van der Waals surface area contributed by atoms with Crippen LogP contribution >= 0.6 is 0 Å². The Kier molecular flexibility index (Phi) is 7.19. The molecule has 0 unspecified atom stereocenters. The zero-order chi connectivity index (χ0) is 26.7. The first-order valence-electron chi connectivity index (χ1n) is 11.2. The van der Waals surface area contributed by atoms with Gasteiger partial charge in [-0.3, -0.25) is 0 Å². The molecule has 0 saturated carbocycles. The van der Waals surface area contributed by atoms with Crippen molar-refractivity contribution >= 4 is 16.9 Å². The van der Waals surface area contributed by atoms with Crippen LogP contribution in [-0.2, 0) is 11.3 Å². The first kappa shape index (κ1) is 25.7. The van der Waals surface area contributed by atoms with Gasteiger partial charge in [0.05, 0.1) is 18.3 Å². The van der Waals surface area contributed by atoms with Gasteiger partial charge >= 0.3 is 12.3 Å². The number of hydrogen-bond acceptors (Lipinski definition) is 5. The molecule has 4 rings (SSSR count). The first-order valence-corrected chi connectivity index (χ1v) is 11.2. The number of nitrogens with zero attached hydrogens (tertiary/aromatic N) is 1. The van der Waals surface area contributed by atoms with Crippen molar-refractivity contribution in [1.82, 2.24) is 4.57 Å². The van der Waals surface area contributed by atoms with Crippen LogP contribution in [0, 0.1) is 6.92 Å². The fraction of sp³-hybridized carbons (Fsp3) is 0.222. The number of fused-ring (bicyclic) bond motifs is 1. The van der Waals surface area contributed by atoms with Crippen LogP contribution in [-0.4, -0.2) is 35.2 Å². The van der Waals surface area contributed by atoms with Crippen molar-refractivity contribution in [3.63, 3.8) is 0 Å². The Morgan fingerprint density at radius 1 is 0.973 bits per heavy atom. The maximum atomic E-state index is 12.9. The van der Waals surface area contributed by atoms with E-state index in [9.17, 15) is 18.0 Å². The molecule has 194 valence electrons. The SMILES string of the molecule is COc1ccc(Oc2c(C)n(Cc3cccc(O[C@@H](C)C(=O)O)c3)c3cc(OC(F)(F)F)ccc23)cc1. The van der Waals surface area contributed by atoms with Crippen molar-refractivity contribution < 1.29 is 42.0 Å². The summed E-state index contributed by atoms with van der Waals surface area (Å²) in [7, 11) is 1.55. The number of halogens is 3. The minimum absolute atomic E-state index is 0.252. The van der Waals surface area contributed by atoms with Gasteiger partial charge in [-0.05, 0) is 67.9 Å². The zero-order valence-corrected chi connectivity index (χ0v) is 20.2. The lowest BCUT2D eigenvalue weighted by Gasteiger charge is -2.14. The second-order valence-electron chi connectivity index (χ2n) is 8.25. The number of aromatic nitrogens is 1. The Labute approximate surface area is 210 Å². The molecule has 1 aromatic heterocycles. The van der Waals surface area contributed by atoms with Gasteiger partial charge in [0.25, 0.3) is 0 Å². The molecule has 1 atom stereocenters. The van der Waals surface area contributed by atoms with Crippen molar-refractivity contribution in [3.8, 4) is 28.7 Å². The molecule has 7 nitrogen and oxygen atoms in total. The van der Waals surface area contributed by atoms with Gasteiger partial charge in [-0.1, -0.05) is 12.1 Å². The molecule has 4 aromatic rings. The van der Waals surface area contributed by atoms with Crippen molar-refractivity contribution in [2.45, 2.75) is 32.9 Å². The number of benzene rings is 3. The number of carboxylic acid groups (broad SMARTS) is 1. The van der Waals surface area contributed by atoms with Crippen molar-refractivity contribution in [2.24, 2.45) is 0 Å². The summed E-state index contributed by atoms with van der Waals surface area (Å²) in [5.41, 5.74) is 1.88. The normalized spacial score (nSPS) is 12.3. The molecule has 1 N–H and O–H groups in total. The van der Waals surface area contributed by atoms with E-state index in [0.29, 0.717) is 39.6 Å². The molecule has 1 heterocycles. The lowest BCUT2D eigenvalue weighted by atomic mass is 10.2. The second kappa shape index (κ2) is 10.3. The summed E-state index contributed by atoms with van der Waals surface area (Å²) in [5.74, 6) is 0.552. The van der Waals surface area contributed by atoms with Crippen LogP contribution in [0.1, 0.15) is 18.2 Å². The Bertz CT molecular complexity index is 1410. The predicted molar refractivity (Wildman–Crippen MR) is 130 cm³/mol. The summed E-state index contributed by atoms with van der Waals surface area (Å²) >= 11 is 0. The molecule has 0 radical (unpaired) electrons. The minimum Gasteiger partial charge on any atom is -0.497 e. The molecular formula is C27H24F3NO6. The third-order valence-electron chi connectivity index (χ3n) is 5.65. The van der Waals surface area contributed by atoms with E-state index in [-0.39, 0.29) is 12.3 Å². The lowest BCUT2D eigenvalue weighted by molar-refractivity contribution is -0.274. The van der Waals surface area contributed by atoms with Crippen molar-refractivity contribution in [1.29, 1.82) is 0 Å². The molecule has 0 saturated heterocycles. The van der Waals surface area contributed by atoms with Gasteiger partial charge in [0.1, 0.15) is 23.0 Å². The quantitative estimate of drug-likeness (QED) is 0.272. The number of carbonyl (C=O) groups is 1. The van der Waals surface area contributed by atoms with Gasteiger partial charge < -0.3 is 28.6 Å². The molecule has 0 amide bonds. The number of aliphatic carboxylic acids is 1. The standard InChI is InChI=1S/C27H24F3NO6/c1-16-25(36-20-9-7-19(34-3)8-10-20)23-12-11-22(37-27(28,29)30)14-24(23)31(16)15-18-5-4-6-21(13-18)35-17(2)26(32)33/h4-14,17H,15H2,1-3H3,(H,32,33)/t17-/m0/s1. The number of rotatable bonds is 9. The Morgan fingerprint density at radius 2 is 1.65 bits per heavy atom. The fourth-order valence-electron chi connectivity index (χ4n) is 3.87. The Balaban J connectivity index is 1.75. The van der Waals surface area contributed by atoms with Gasteiger partial charge in [0.15, 0.2) is 11.9 Å². The van der Waals surface area contributed by atoms with Crippen LogP contribution in [0.25, 0.3) is 10.9 Å². The molecule has 0 aliphatic rings. The molecular weight excluding hydrogens is 491 g/mol. The maximum Gasteiger partial charge on any atom is 0.573 e. The van der Waals surface area contributed by atoms with E-state index in [4.69, 9.17) is 19.3 Å². The third kappa shape index (κ3) is 6.08. The van der Waals surface area contributed by atoms with Gasteiger partial charge in [-0.25, -0.2) is 4.79 Å². The number of hydrogen-bond donors (Lipinski definition) is 1. The van der Waals surface area contributed by atoms with Gasteiger partial charge in [-0.15, -0.1) is 13.2 Å². The summed E-state index contributed by atoms with van der Waals surface area (Å²) in [6.45, 7) is 3.47. The van der Waals surface area contributed by atoms with Crippen molar-refractivity contribution in [3.05, 3.63) is 78.0 Å². The highest BCUT2D eigenvalue weighted by Crippen LogP contribution is 2.39. The van der Waals surface area contributed by atoms with Crippen LogP contribution in [0.2, 0.25) is 0 Å². The highest BCUT2D eigenvalue weighted by molar-refractivity contribution is 5.90. The molecule has 10 heteroatoms. The summed E-state index contributed by atoms with van der Waals surface area (Å²) < 4.78 is 61.5. The number of ether oxygens (including phenoxy) is 4. The van der Waals surface area contributed by atoms with E-state index in [1.54, 1.807) is 61.1 Å². The van der Waals surface area contributed by atoms with Crippen LogP contribution < -0.4 is 18.9 Å². The highest BCUT2D eigenvalue weighted by atomic mass is 19.4. The average molecular weight is 515 g/mol. The molecule has 0 aliphatic carbocycles. The van der Waals surface area contributed by atoms with E-state index in [2.05, 4.69) is 4.74 Å². The lowest BCUT2D eigenvalue weighted by Crippen LogP contribution is -2.22. The van der Waals surface area contributed by atoms with E-state index >= 15 is 0 Å². The summed E-state index contributed by atoms with van der Waals surface area (Å²) in [4.78, 5) is 11.1. The maximum absolute atomic E-state index is 12.9. The monoisotopic (exact) mass is 515 g/mol. The van der Waals surface area contributed by atoms with Crippen LogP contribution in [0.4, 0.5) is 13.2 Å². The smallest absolute Gasteiger partial charge is 0.497 e. The summed E-state index contributed by atoms with van der Waals surface area (Å²) in [6, 6.07) is 17.9. The van der Waals surface area contributed by atoms with Crippen molar-refractivity contribution in [2.75, 3.05) is 7.11 Å². The molecule has 0 spiro atoms. The minimum atomic E-state index is -4.84. The topological polar surface area (TPSA) is 79.2 Å². The number of alkyl halides is 3. The second-order valence-corrected chi connectivity index (χ2v) is 8.25. The van der Waals surface area contributed by atoms with E-state index in [1.807, 2.05) is 6.07 Å². The van der Waals surface area contributed by atoms with Gasteiger partial charge in [0, 0.05) is 18.0 Å². The Morgan fingerprint density at radius 3 is 2.30 bits per heavy atom. The average Bonchev–Trinajstić information content (AvgIpc) is 3.09. The van der Waals surface area contributed by atoms with Crippen LogP contribution in [0.15, 0.2) is 66.7 Å². The third-order valence-corrected chi connectivity index (χ3v) is 5.65. The largest absolute Gasteiger partial charge is 0.573 e. The number of carboxylic acids is 1. The number of methoxy groups -OCH3 is 1. The molecule has 0 aliphatic heterocycles. The molecule has 0 fully saturated rings. The summed E-state index contributed by atoms with van der Waals surface area (Å²) in [5, 5.41) is 9.71. The van der Waals surface area contributed by atoms with E-state index in [0.717, 1.165) is 5.56 Å². The zero-order valence-electron chi connectivity index (χ0n) is 20.2. The van der Waals surface area contributed by atoms with Crippen LogP contribution in [0.3, 0.4) is 0 Å². The molecule has 37 heavy (non-hydrogen) atoms. The Hall–Kier alpha value is -4.34. The molecule has 3 aromatic carbocycles. The predicted octanol–water partition coefficient (Wildman–Crippen LogP) is 6.55. The fourth-order valence-corrected chi connectivity index (χ4v) is 3.87. The first-order chi connectivity index (χ1) is 17.5. The van der Waals surface area contributed by atoms with E-state index in [1.165, 1.54) is 25.1 Å². The van der Waals surface area contributed by atoms with Gasteiger partial charge in [0.2, 0.25) is 0 Å². The molecule has 0 bridgehead atoms. The van der Waals surface area contributed by atoms with Crippen LogP contribution in [0.5, 0.6) is 28.7 Å².